The van der Waals surface area contributed by atoms with Crippen molar-refractivity contribution in [2.24, 2.45) is 0 Å². The van der Waals surface area contributed by atoms with E-state index in [-0.39, 0.29) is 37.5 Å². The molecule has 1 unspecified atom stereocenters. The molecule has 0 saturated heterocycles. The lowest BCUT2D eigenvalue weighted by Crippen LogP contribution is -2.30. The lowest BCUT2D eigenvalue weighted by Gasteiger charge is -2.18. The summed E-state index contributed by atoms with van der Waals surface area (Å²) in [6.07, 6.45) is 64.7. The van der Waals surface area contributed by atoms with Crippen LogP contribution in [-0.2, 0) is 28.6 Å². The van der Waals surface area contributed by atoms with Crippen molar-refractivity contribution in [1.29, 1.82) is 0 Å². The highest BCUT2D eigenvalue weighted by Crippen LogP contribution is 2.11. The Bertz CT molecular complexity index is 1320. The van der Waals surface area contributed by atoms with Crippen LogP contribution in [-0.4, -0.2) is 37.2 Å². The van der Waals surface area contributed by atoms with Gasteiger partial charge in [-0.25, -0.2) is 0 Å². The van der Waals surface area contributed by atoms with Gasteiger partial charge < -0.3 is 14.2 Å². The number of ether oxygens (including phenoxy) is 3. The molecule has 0 N–H and O–H groups in total. The second-order valence-corrected chi connectivity index (χ2v) is 14.9. The number of hydrogen-bond donors (Lipinski definition) is 0. The molecule has 0 rings (SSSR count). The number of unbranched alkanes of at least 4 members (excludes halogenated alkanes) is 9. The van der Waals surface area contributed by atoms with Gasteiger partial charge in [0.1, 0.15) is 13.2 Å². The Hall–Kier alpha value is -4.19. The van der Waals surface area contributed by atoms with Gasteiger partial charge in [-0.2, -0.15) is 0 Å². The molecule has 0 aromatic heterocycles. The summed E-state index contributed by atoms with van der Waals surface area (Å²) in [5, 5.41) is 0. The van der Waals surface area contributed by atoms with Crippen molar-refractivity contribution < 1.29 is 28.6 Å². The normalized spacial score (nSPS) is 13.2. The Morgan fingerprint density at radius 2 is 0.600 bits per heavy atom. The zero-order chi connectivity index (χ0) is 43.7. The van der Waals surface area contributed by atoms with Gasteiger partial charge in [0.15, 0.2) is 6.10 Å². The lowest BCUT2D eigenvalue weighted by atomic mass is 10.1. The van der Waals surface area contributed by atoms with E-state index in [4.69, 9.17) is 14.2 Å². The molecule has 336 valence electrons. The average Bonchev–Trinajstić information content (AvgIpc) is 3.24. The van der Waals surface area contributed by atoms with Crippen LogP contribution < -0.4 is 0 Å². The van der Waals surface area contributed by atoms with Crippen molar-refractivity contribution in [2.75, 3.05) is 13.2 Å². The molecule has 0 spiro atoms. The molecule has 0 aliphatic rings. The quantitative estimate of drug-likeness (QED) is 0.0265. The van der Waals surface area contributed by atoms with E-state index in [1.165, 1.54) is 0 Å². The molecule has 0 radical (unpaired) electrons. The number of rotatable bonds is 40. The van der Waals surface area contributed by atoms with E-state index in [9.17, 15) is 14.4 Å². The van der Waals surface area contributed by atoms with Gasteiger partial charge in [-0.3, -0.25) is 14.4 Å². The smallest absolute Gasteiger partial charge is 0.306 e. The van der Waals surface area contributed by atoms with E-state index < -0.39 is 6.10 Å². The first-order chi connectivity index (χ1) is 29.5. The summed E-state index contributed by atoms with van der Waals surface area (Å²) < 4.78 is 16.7. The van der Waals surface area contributed by atoms with Crippen molar-refractivity contribution in [3.63, 3.8) is 0 Å². The van der Waals surface area contributed by atoms with Gasteiger partial charge in [-0.1, -0.05) is 162 Å². The molecule has 6 heteroatoms. The number of carbonyl (C=O) groups excluding carboxylic acids is 3. The van der Waals surface area contributed by atoms with Gasteiger partial charge in [0.05, 0.1) is 0 Å². The van der Waals surface area contributed by atoms with Crippen LogP contribution in [0, 0.1) is 0 Å². The third kappa shape index (κ3) is 44.9. The maximum absolute atomic E-state index is 12.7. The summed E-state index contributed by atoms with van der Waals surface area (Å²) >= 11 is 0. The molecular formula is C54H84O6. The summed E-state index contributed by atoms with van der Waals surface area (Å²) in [7, 11) is 0. The van der Waals surface area contributed by atoms with Crippen molar-refractivity contribution >= 4 is 17.9 Å². The average molecular weight is 829 g/mol. The zero-order valence-electron chi connectivity index (χ0n) is 38.2. The standard InChI is InChI=1S/C54H84O6/c1-4-7-10-13-16-19-22-25-27-28-30-32-35-38-41-44-47-53(56)59-50-51(49-58-52(55)46-43-40-37-34-31-24-21-18-15-12-9-6-3)60-54(57)48-45-42-39-36-33-29-26-23-20-17-14-11-8-5-2/h7-12,16-21,25-27,29-32,34,51H,4-6,13-15,22-24,28,33,35-50H2,1-3H3/b10-7-,11-8-,12-9-,19-16-,20-17-,21-18-,27-25-,29-26-,32-30-,34-31-. The third-order valence-corrected chi connectivity index (χ3v) is 9.19. The molecule has 0 aromatic rings. The van der Waals surface area contributed by atoms with E-state index in [1.807, 2.05) is 0 Å². The number of esters is 3. The molecule has 1 atom stereocenters. The van der Waals surface area contributed by atoms with Crippen LogP contribution in [0.25, 0.3) is 0 Å². The van der Waals surface area contributed by atoms with E-state index >= 15 is 0 Å². The predicted octanol–water partition coefficient (Wildman–Crippen LogP) is 15.4. The summed E-state index contributed by atoms with van der Waals surface area (Å²) in [5.74, 6) is -1.02. The van der Waals surface area contributed by atoms with Crippen LogP contribution >= 0.6 is 0 Å². The molecule has 0 fully saturated rings. The molecular weight excluding hydrogens is 745 g/mol. The fourth-order valence-corrected chi connectivity index (χ4v) is 5.75. The highest BCUT2D eigenvalue weighted by Gasteiger charge is 2.19. The lowest BCUT2D eigenvalue weighted by molar-refractivity contribution is -0.167. The maximum Gasteiger partial charge on any atom is 0.306 e. The fraction of sp³-hybridized carbons (Fsp3) is 0.574. The van der Waals surface area contributed by atoms with Crippen molar-refractivity contribution in [3.8, 4) is 0 Å². The summed E-state index contributed by atoms with van der Waals surface area (Å²) in [6, 6.07) is 0. The van der Waals surface area contributed by atoms with Crippen LogP contribution in [0.1, 0.15) is 181 Å². The second-order valence-electron chi connectivity index (χ2n) is 14.9. The molecule has 0 heterocycles. The van der Waals surface area contributed by atoms with Crippen LogP contribution in [0.2, 0.25) is 0 Å². The second kappa shape index (κ2) is 47.5. The molecule has 6 nitrogen and oxygen atoms in total. The Morgan fingerprint density at radius 3 is 0.967 bits per heavy atom. The Morgan fingerprint density at radius 1 is 0.333 bits per heavy atom. The Labute approximate surface area is 367 Å². The minimum absolute atomic E-state index is 0.120. The highest BCUT2D eigenvalue weighted by molar-refractivity contribution is 5.71. The van der Waals surface area contributed by atoms with Crippen molar-refractivity contribution in [2.45, 2.75) is 187 Å². The monoisotopic (exact) mass is 829 g/mol. The van der Waals surface area contributed by atoms with Crippen molar-refractivity contribution in [1.82, 2.24) is 0 Å². The van der Waals surface area contributed by atoms with Crippen LogP contribution in [0.3, 0.4) is 0 Å². The molecule has 0 aromatic carbocycles. The first kappa shape index (κ1) is 55.8. The van der Waals surface area contributed by atoms with E-state index in [1.54, 1.807) is 0 Å². The molecule has 0 saturated carbocycles. The predicted molar refractivity (Wildman–Crippen MR) is 256 cm³/mol. The summed E-state index contributed by atoms with van der Waals surface area (Å²) in [5.41, 5.74) is 0. The molecule has 0 aliphatic carbocycles. The van der Waals surface area contributed by atoms with Gasteiger partial charge in [0, 0.05) is 19.3 Å². The highest BCUT2D eigenvalue weighted by atomic mass is 16.6. The molecule has 0 aliphatic heterocycles. The zero-order valence-corrected chi connectivity index (χ0v) is 38.2. The SMILES string of the molecule is CC/C=C\C/C=C\C/C=C\C/C=C\CCCCCC(=O)OCC(COC(=O)CCCC/C=C\C/C=C\C/C=C\CC)OC(=O)CCCCCC/C=C\C/C=C\C/C=C\CC. The Balaban J connectivity index is 4.55. The van der Waals surface area contributed by atoms with Gasteiger partial charge in [0.2, 0.25) is 0 Å². The van der Waals surface area contributed by atoms with Gasteiger partial charge in [-0.15, -0.1) is 0 Å². The molecule has 60 heavy (non-hydrogen) atoms. The van der Waals surface area contributed by atoms with Gasteiger partial charge in [0.25, 0.3) is 0 Å². The third-order valence-electron chi connectivity index (χ3n) is 9.19. The summed E-state index contributed by atoms with van der Waals surface area (Å²) in [6.45, 7) is 6.18. The first-order valence-electron chi connectivity index (χ1n) is 23.5. The van der Waals surface area contributed by atoms with Crippen LogP contribution in [0.5, 0.6) is 0 Å². The molecule has 0 bridgehead atoms. The first-order valence-corrected chi connectivity index (χ1v) is 23.5. The fourth-order valence-electron chi connectivity index (χ4n) is 5.75. The topological polar surface area (TPSA) is 78.9 Å². The van der Waals surface area contributed by atoms with Crippen LogP contribution in [0.15, 0.2) is 122 Å². The van der Waals surface area contributed by atoms with Gasteiger partial charge >= 0.3 is 17.9 Å². The number of hydrogen-bond acceptors (Lipinski definition) is 6. The largest absolute Gasteiger partial charge is 0.462 e. The van der Waals surface area contributed by atoms with E-state index in [0.717, 1.165) is 135 Å². The van der Waals surface area contributed by atoms with E-state index in [0.29, 0.717) is 19.3 Å². The minimum atomic E-state index is -0.820. The molecule has 0 amide bonds. The minimum Gasteiger partial charge on any atom is -0.462 e. The van der Waals surface area contributed by atoms with Gasteiger partial charge in [-0.05, 0) is 122 Å². The van der Waals surface area contributed by atoms with E-state index in [2.05, 4.69) is 142 Å². The summed E-state index contributed by atoms with van der Waals surface area (Å²) in [4.78, 5) is 37.8. The number of allylic oxidation sites excluding steroid dienone is 20. The van der Waals surface area contributed by atoms with Crippen LogP contribution in [0.4, 0.5) is 0 Å². The maximum atomic E-state index is 12.7. The van der Waals surface area contributed by atoms with Crippen molar-refractivity contribution in [3.05, 3.63) is 122 Å². The number of carbonyl (C=O) groups is 3. The Kier molecular flexibility index (Phi) is 44.2.